The number of halogens is 2. The molecule has 1 unspecified atom stereocenters. The number of carbonyl (C=O) groups excluding carboxylic acids is 1. The summed E-state index contributed by atoms with van der Waals surface area (Å²) >= 11 is 12.0. The molecule has 1 amide bonds. The van der Waals surface area contributed by atoms with E-state index in [4.69, 9.17) is 27.9 Å². The van der Waals surface area contributed by atoms with Crippen molar-refractivity contribution >= 4 is 40.8 Å². The lowest BCUT2D eigenvalue weighted by molar-refractivity contribution is -0.138. The third kappa shape index (κ3) is 4.98. The summed E-state index contributed by atoms with van der Waals surface area (Å²) in [4.78, 5) is 24.1. The van der Waals surface area contributed by atoms with Crippen LogP contribution in [0, 0.1) is 6.92 Å². The number of carboxylic acid groups (broad SMARTS) is 1. The highest BCUT2D eigenvalue weighted by Crippen LogP contribution is 2.29. The van der Waals surface area contributed by atoms with Gasteiger partial charge in [-0.2, -0.15) is 0 Å². The van der Waals surface area contributed by atoms with Gasteiger partial charge in [-0.15, -0.1) is 5.10 Å². The quantitative estimate of drug-likeness (QED) is 0.538. The molecule has 1 heterocycles. The molecule has 0 aliphatic heterocycles. The number of amides is 1. The molecule has 0 spiro atoms. The Kier molecular flexibility index (Phi) is 6.82. The Morgan fingerprint density at radius 3 is 2.58 bits per heavy atom. The number of hydrogen-bond donors (Lipinski definition) is 2. The first-order valence-corrected chi connectivity index (χ1v) is 10.0. The van der Waals surface area contributed by atoms with E-state index in [0.29, 0.717) is 39.3 Å². The van der Waals surface area contributed by atoms with Crippen LogP contribution >= 0.6 is 23.2 Å². The van der Waals surface area contributed by atoms with Crippen LogP contribution in [-0.2, 0) is 11.3 Å². The van der Waals surface area contributed by atoms with E-state index in [1.165, 1.54) is 7.11 Å². The number of carbonyl (C=O) groups is 2. The van der Waals surface area contributed by atoms with Gasteiger partial charge < -0.3 is 15.2 Å². The highest BCUT2D eigenvalue weighted by atomic mass is 35.5. The van der Waals surface area contributed by atoms with E-state index in [1.807, 2.05) is 6.07 Å². The molecule has 0 saturated carbocycles. The molecule has 2 N–H and O–H groups in total. The number of anilines is 1. The molecule has 2 aromatic carbocycles. The lowest BCUT2D eigenvalue weighted by atomic mass is 10.0. The molecule has 0 bridgehead atoms. The molecule has 3 rings (SSSR count). The lowest BCUT2D eigenvalue weighted by Crippen LogP contribution is -2.16. The maximum atomic E-state index is 12.8. The van der Waals surface area contributed by atoms with Crippen molar-refractivity contribution < 1.29 is 19.4 Å². The van der Waals surface area contributed by atoms with Gasteiger partial charge in [0.2, 0.25) is 0 Å². The van der Waals surface area contributed by atoms with E-state index in [-0.39, 0.29) is 5.69 Å². The second kappa shape index (κ2) is 9.36. The summed E-state index contributed by atoms with van der Waals surface area (Å²) in [6.45, 7) is 3.65. The van der Waals surface area contributed by atoms with Crippen LogP contribution in [-0.4, -0.2) is 39.1 Å². The van der Waals surface area contributed by atoms with Gasteiger partial charge in [-0.25, -0.2) is 4.68 Å². The summed E-state index contributed by atoms with van der Waals surface area (Å²) in [5.74, 6) is -1.80. The molecule has 0 radical (unpaired) electrons. The fraction of sp³-hybridized carbons (Fsp3) is 0.238. The number of rotatable bonds is 7. The van der Waals surface area contributed by atoms with Crippen molar-refractivity contribution in [1.29, 1.82) is 0 Å². The summed E-state index contributed by atoms with van der Waals surface area (Å²) in [6.07, 6.45) is 0. The summed E-state index contributed by atoms with van der Waals surface area (Å²) in [5.41, 5.74) is 2.42. The summed E-state index contributed by atoms with van der Waals surface area (Å²) in [6, 6.07) is 10.1. The van der Waals surface area contributed by atoms with E-state index in [0.717, 1.165) is 5.56 Å². The zero-order valence-electron chi connectivity index (χ0n) is 17.0. The number of benzene rings is 2. The fourth-order valence-electron chi connectivity index (χ4n) is 2.95. The predicted octanol–water partition coefficient (Wildman–Crippen LogP) is 4.39. The van der Waals surface area contributed by atoms with Crippen LogP contribution in [0.2, 0.25) is 10.0 Å². The lowest BCUT2D eigenvalue weighted by Gasteiger charge is -2.13. The van der Waals surface area contributed by atoms with Gasteiger partial charge in [0, 0.05) is 0 Å². The SMILES string of the molecule is COc1ccc(C(C)C(=O)O)cc1NC(=O)c1nnn(Cc2ccc(Cl)c(Cl)c2)c1C. The maximum Gasteiger partial charge on any atom is 0.310 e. The number of nitrogens with one attached hydrogen (secondary N) is 1. The van der Waals surface area contributed by atoms with Gasteiger partial charge >= 0.3 is 5.97 Å². The van der Waals surface area contributed by atoms with Crippen molar-refractivity contribution in [1.82, 2.24) is 15.0 Å². The number of carboxylic acids is 1. The van der Waals surface area contributed by atoms with Crippen molar-refractivity contribution in [2.45, 2.75) is 26.3 Å². The summed E-state index contributed by atoms with van der Waals surface area (Å²) in [5, 5.41) is 20.9. The number of nitrogens with zero attached hydrogens (tertiary/aromatic N) is 3. The molecule has 0 fully saturated rings. The maximum absolute atomic E-state index is 12.8. The molecular weight excluding hydrogens is 443 g/mol. The third-order valence-corrected chi connectivity index (χ3v) is 5.60. The Morgan fingerprint density at radius 2 is 1.94 bits per heavy atom. The molecule has 0 aliphatic rings. The number of aromatic nitrogens is 3. The van der Waals surface area contributed by atoms with E-state index in [1.54, 1.807) is 48.9 Å². The van der Waals surface area contributed by atoms with Crippen LogP contribution in [0.1, 0.15) is 40.2 Å². The van der Waals surface area contributed by atoms with Crippen molar-refractivity contribution in [2.75, 3.05) is 12.4 Å². The van der Waals surface area contributed by atoms with Crippen molar-refractivity contribution in [2.24, 2.45) is 0 Å². The van der Waals surface area contributed by atoms with Gasteiger partial charge in [-0.3, -0.25) is 9.59 Å². The van der Waals surface area contributed by atoms with Crippen molar-refractivity contribution in [3.63, 3.8) is 0 Å². The number of methoxy groups -OCH3 is 1. The molecule has 31 heavy (non-hydrogen) atoms. The molecule has 1 atom stereocenters. The van der Waals surface area contributed by atoms with Gasteiger partial charge in [0.25, 0.3) is 5.91 Å². The van der Waals surface area contributed by atoms with Crippen LogP contribution in [0.5, 0.6) is 5.75 Å². The molecule has 0 aliphatic carbocycles. The Balaban J connectivity index is 1.83. The van der Waals surface area contributed by atoms with E-state index < -0.39 is 17.8 Å². The Labute approximate surface area is 188 Å². The third-order valence-electron chi connectivity index (χ3n) is 4.86. The van der Waals surface area contributed by atoms with E-state index >= 15 is 0 Å². The Bertz CT molecular complexity index is 1150. The van der Waals surface area contributed by atoms with Crippen LogP contribution in [0.3, 0.4) is 0 Å². The Hall–Kier alpha value is -3.10. The first-order valence-electron chi connectivity index (χ1n) is 9.27. The number of ether oxygens (including phenoxy) is 1. The molecule has 8 nitrogen and oxygen atoms in total. The molecule has 3 aromatic rings. The smallest absolute Gasteiger partial charge is 0.310 e. The molecular formula is C21H20Cl2N4O4. The van der Waals surface area contributed by atoms with Crippen LogP contribution in [0.15, 0.2) is 36.4 Å². The normalized spacial score (nSPS) is 11.8. The topological polar surface area (TPSA) is 106 Å². The van der Waals surface area contributed by atoms with Crippen LogP contribution in [0.25, 0.3) is 0 Å². The first-order chi connectivity index (χ1) is 14.7. The minimum Gasteiger partial charge on any atom is -0.495 e. The average Bonchev–Trinajstić information content (AvgIpc) is 3.10. The summed E-state index contributed by atoms with van der Waals surface area (Å²) in [7, 11) is 1.46. The van der Waals surface area contributed by atoms with E-state index in [9.17, 15) is 14.7 Å². The summed E-state index contributed by atoms with van der Waals surface area (Å²) < 4.78 is 6.86. The minimum absolute atomic E-state index is 0.138. The molecule has 10 heteroatoms. The van der Waals surface area contributed by atoms with Gasteiger partial charge in [0.15, 0.2) is 5.69 Å². The second-order valence-corrected chi connectivity index (χ2v) is 7.72. The van der Waals surface area contributed by atoms with Gasteiger partial charge in [0.1, 0.15) is 5.75 Å². The van der Waals surface area contributed by atoms with Gasteiger partial charge in [0.05, 0.1) is 41.0 Å². The first kappa shape index (κ1) is 22.6. The largest absolute Gasteiger partial charge is 0.495 e. The molecule has 0 saturated heterocycles. The Morgan fingerprint density at radius 1 is 1.19 bits per heavy atom. The number of aliphatic carboxylic acids is 1. The van der Waals surface area contributed by atoms with Gasteiger partial charge in [-0.05, 0) is 49.2 Å². The zero-order chi connectivity index (χ0) is 22.7. The van der Waals surface area contributed by atoms with Gasteiger partial charge in [-0.1, -0.05) is 40.5 Å². The highest BCUT2D eigenvalue weighted by molar-refractivity contribution is 6.42. The average molecular weight is 463 g/mol. The predicted molar refractivity (Wildman–Crippen MR) is 117 cm³/mol. The second-order valence-electron chi connectivity index (χ2n) is 6.90. The van der Waals surface area contributed by atoms with Crippen molar-refractivity contribution in [3.05, 3.63) is 69.0 Å². The van der Waals surface area contributed by atoms with Crippen LogP contribution < -0.4 is 10.1 Å². The highest BCUT2D eigenvalue weighted by Gasteiger charge is 2.20. The van der Waals surface area contributed by atoms with E-state index in [2.05, 4.69) is 15.6 Å². The monoisotopic (exact) mass is 462 g/mol. The standard InChI is InChI=1S/C21H20Cl2N4O4/c1-11(21(29)30)14-5-7-18(31-3)17(9-14)24-20(28)19-12(2)27(26-25-19)10-13-4-6-15(22)16(23)8-13/h4-9,11H,10H2,1-3H3,(H,24,28)(H,29,30). The minimum atomic E-state index is -0.969. The fourth-order valence-corrected chi connectivity index (χ4v) is 3.27. The molecule has 162 valence electrons. The zero-order valence-corrected chi connectivity index (χ0v) is 18.5. The van der Waals surface area contributed by atoms with Crippen molar-refractivity contribution in [3.8, 4) is 5.75 Å². The van der Waals surface area contributed by atoms with Crippen LogP contribution in [0.4, 0.5) is 5.69 Å². The number of hydrogen-bond acceptors (Lipinski definition) is 5. The molecule has 1 aromatic heterocycles.